The molecule has 0 radical (unpaired) electrons. The molecule has 0 fully saturated rings. The van der Waals surface area contributed by atoms with Crippen LogP contribution in [0.4, 0.5) is 20.2 Å². The SMILES string of the molecule is Cc1csc(Sc2ccc(C(=O)OC(C)C(=O)Nc3cc(F)ccc3F)cc2[N+](=O)[O-])n1. The first-order valence-corrected chi connectivity index (χ1v) is 10.7. The van der Waals surface area contributed by atoms with E-state index in [1.54, 1.807) is 6.92 Å². The molecule has 3 rings (SSSR count). The van der Waals surface area contributed by atoms with Crippen molar-refractivity contribution >= 4 is 46.3 Å². The van der Waals surface area contributed by atoms with Gasteiger partial charge in [-0.2, -0.15) is 0 Å². The van der Waals surface area contributed by atoms with E-state index in [1.165, 1.54) is 30.4 Å². The lowest BCUT2D eigenvalue weighted by Gasteiger charge is -2.14. The van der Waals surface area contributed by atoms with E-state index >= 15 is 0 Å². The number of esters is 1. The Morgan fingerprint density at radius 1 is 1.25 bits per heavy atom. The third-order valence-electron chi connectivity index (χ3n) is 4.03. The summed E-state index contributed by atoms with van der Waals surface area (Å²) in [7, 11) is 0. The molecule has 0 aliphatic heterocycles. The average Bonchev–Trinajstić information content (AvgIpc) is 3.15. The fraction of sp³-hybridized carbons (Fsp3) is 0.150. The first kappa shape index (κ1) is 23.3. The van der Waals surface area contributed by atoms with Gasteiger partial charge in [-0.3, -0.25) is 14.9 Å². The molecule has 1 amide bonds. The second-order valence-electron chi connectivity index (χ2n) is 6.46. The quantitative estimate of drug-likeness (QED) is 0.289. The van der Waals surface area contributed by atoms with Crippen molar-refractivity contribution in [3.05, 3.63) is 74.8 Å². The Morgan fingerprint density at radius 2 is 2.00 bits per heavy atom. The van der Waals surface area contributed by atoms with Crippen LogP contribution in [0.25, 0.3) is 0 Å². The Labute approximate surface area is 188 Å². The number of halogens is 2. The molecular formula is C20H15F2N3O5S2. The summed E-state index contributed by atoms with van der Waals surface area (Å²) in [5.41, 5.74) is -0.0951. The first-order chi connectivity index (χ1) is 15.1. The predicted octanol–water partition coefficient (Wildman–Crippen LogP) is 4.97. The van der Waals surface area contributed by atoms with Gasteiger partial charge in [0.15, 0.2) is 10.4 Å². The maximum Gasteiger partial charge on any atom is 0.339 e. The second kappa shape index (κ2) is 9.83. The van der Waals surface area contributed by atoms with Gasteiger partial charge in [0.05, 0.1) is 21.1 Å². The zero-order valence-corrected chi connectivity index (χ0v) is 18.3. The highest BCUT2D eigenvalue weighted by molar-refractivity contribution is 8.01. The summed E-state index contributed by atoms with van der Waals surface area (Å²) in [4.78, 5) is 40.0. The molecule has 1 atom stereocenters. The number of aryl methyl sites for hydroxylation is 1. The highest BCUT2D eigenvalue weighted by atomic mass is 32.2. The van der Waals surface area contributed by atoms with Gasteiger partial charge in [0.25, 0.3) is 11.6 Å². The Kier molecular flexibility index (Phi) is 7.15. The maximum atomic E-state index is 13.7. The molecule has 166 valence electrons. The number of benzene rings is 2. The molecule has 1 unspecified atom stereocenters. The number of ether oxygens (including phenoxy) is 1. The summed E-state index contributed by atoms with van der Waals surface area (Å²) < 4.78 is 32.6. The van der Waals surface area contributed by atoms with Crippen molar-refractivity contribution in [2.75, 3.05) is 5.32 Å². The van der Waals surface area contributed by atoms with Crippen LogP contribution in [0.2, 0.25) is 0 Å². The largest absolute Gasteiger partial charge is 0.449 e. The number of nitro benzene ring substituents is 1. The average molecular weight is 479 g/mol. The lowest BCUT2D eigenvalue weighted by molar-refractivity contribution is -0.387. The molecule has 0 aliphatic carbocycles. The van der Waals surface area contributed by atoms with Gasteiger partial charge in [-0.1, -0.05) is 11.8 Å². The van der Waals surface area contributed by atoms with Crippen LogP contribution in [0.15, 0.2) is 51.0 Å². The van der Waals surface area contributed by atoms with E-state index < -0.39 is 40.2 Å². The number of carbonyl (C=O) groups excluding carboxylic acids is 2. The molecule has 12 heteroatoms. The van der Waals surface area contributed by atoms with E-state index in [1.807, 2.05) is 5.38 Å². The van der Waals surface area contributed by atoms with Gasteiger partial charge < -0.3 is 10.1 Å². The van der Waals surface area contributed by atoms with Crippen molar-refractivity contribution in [2.45, 2.75) is 29.2 Å². The van der Waals surface area contributed by atoms with Crippen LogP contribution in [0.1, 0.15) is 23.0 Å². The number of nitrogens with one attached hydrogen (secondary N) is 1. The Morgan fingerprint density at radius 3 is 2.66 bits per heavy atom. The summed E-state index contributed by atoms with van der Waals surface area (Å²) in [6, 6.07) is 6.28. The lowest BCUT2D eigenvalue weighted by atomic mass is 10.2. The number of nitro groups is 1. The van der Waals surface area contributed by atoms with Crippen molar-refractivity contribution in [1.82, 2.24) is 4.98 Å². The van der Waals surface area contributed by atoms with Gasteiger partial charge in [0.2, 0.25) is 0 Å². The third kappa shape index (κ3) is 5.65. The highest BCUT2D eigenvalue weighted by Gasteiger charge is 2.24. The summed E-state index contributed by atoms with van der Waals surface area (Å²) in [6.45, 7) is 3.03. The Balaban J connectivity index is 1.72. The third-order valence-corrected chi connectivity index (χ3v) is 6.15. The van der Waals surface area contributed by atoms with E-state index in [0.29, 0.717) is 4.34 Å². The molecule has 32 heavy (non-hydrogen) atoms. The molecule has 0 saturated carbocycles. The number of thiazole rings is 1. The van der Waals surface area contributed by atoms with Gasteiger partial charge >= 0.3 is 5.97 Å². The normalized spacial score (nSPS) is 11.6. The van der Waals surface area contributed by atoms with Crippen LogP contribution in [0.3, 0.4) is 0 Å². The Hall–Kier alpha value is -3.38. The molecule has 8 nitrogen and oxygen atoms in total. The highest BCUT2D eigenvalue weighted by Crippen LogP contribution is 2.37. The van der Waals surface area contributed by atoms with Crippen LogP contribution in [0, 0.1) is 28.7 Å². The summed E-state index contributed by atoms with van der Waals surface area (Å²) in [5, 5.41) is 15.4. The number of anilines is 1. The molecule has 0 saturated heterocycles. The fourth-order valence-corrected chi connectivity index (χ4v) is 4.34. The van der Waals surface area contributed by atoms with Gasteiger partial charge in [-0.05, 0) is 38.1 Å². The smallest absolute Gasteiger partial charge is 0.339 e. The van der Waals surface area contributed by atoms with E-state index in [4.69, 9.17) is 4.74 Å². The molecule has 0 bridgehead atoms. The van der Waals surface area contributed by atoms with Crippen LogP contribution >= 0.6 is 23.1 Å². The number of aromatic nitrogens is 1. The minimum Gasteiger partial charge on any atom is -0.449 e. The Bertz CT molecular complexity index is 1200. The maximum absolute atomic E-state index is 13.7. The van der Waals surface area contributed by atoms with Gasteiger partial charge in [-0.15, -0.1) is 11.3 Å². The van der Waals surface area contributed by atoms with E-state index in [0.717, 1.165) is 41.7 Å². The van der Waals surface area contributed by atoms with Crippen molar-refractivity contribution in [1.29, 1.82) is 0 Å². The van der Waals surface area contributed by atoms with Crippen molar-refractivity contribution < 1.29 is 28.0 Å². The zero-order chi connectivity index (χ0) is 23.4. The number of hydrogen-bond acceptors (Lipinski definition) is 8. The number of nitrogens with zero attached hydrogens (tertiary/aromatic N) is 2. The summed E-state index contributed by atoms with van der Waals surface area (Å²) in [5.74, 6) is -3.51. The topological polar surface area (TPSA) is 111 Å². The minimum absolute atomic E-state index is 0.145. The molecule has 1 heterocycles. The van der Waals surface area contributed by atoms with Crippen LogP contribution in [0.5, 0.6) is 0 Å². The first-order valence-electron chi connectivity index (χ1n) is 8.99. The second-order valence-corrected chi connectivity index (χ2v) is 8.60. The van der Waals surface area contributed by atoms with Crippen LogP contribution in [-0.2, 0) is 9.53 Å². The molecule has 1 N–H and O–H groups in total. The molecule has 2 aromatic carbocycles. The molecule has 0 spiro atoms. The molecular weight excluding hydrogens is 464 g/mol. The minimum atomic E-state index is -1.38. The number of amides is 1. The predicted molar refractivity (Wildman–Crippen MR) is 114 cm³/mol. The van der Waals surface area contributed by atoms with Crippen molar-refractivity contribution in [3.63, 3.8) is 0 Å². The van der Waals surface area contributed by atoms with Crippen molar-refractivity contribution in [2.24, 2.45) is 0 Å². The number of rotatable bonds is 7. The summed E-state index contributed by atoms with van der Waals surface area (Å²) in [6.07, 6.45) is -1.38. The van der Waals surface area contributed by atoms with Crippen molar-refractivity contribution in [3.8, 4) is 0 Å². The van der Waals surface area contributed by atoms with Gasteiger partial charge in [-0.25, -0.2) is 18.6 Å². The number of carbonyl (C=O) groups is 2. The van der Waals surface area contributed by atoms with E-state index in [2.05, 4.69) is 10.3 Å². The lowest BCUT2D eigenvalue weighted by Crippen LogP contribution is -2.30. The van der Waals surface area contributed by atoms with E-state index in [9.17, 15) is 28.5 Å². The fourth-order valence-electron chi connectivity index (χ4n) is 2.46. The van der Waals surface area contributed by atoms with Gasteiger partial charge in [0.1, 0.15) is 11.6 Å². The molecule has 0 aliphatic rings. The summed E-state index contributed by atoms with van der Waals surface area (Å²) >= 11 is 2.42. The molecule has 3 aromatic rings. The van der Waals surface area contributed by atoms with Gasteiger partial charge in [0, 0.05) is 23.2 Å². The van der Waals surface area contributed by atoms with E-state index in [-0.39, 0.29) is 16.1 Å². The van der Waals surface area contributed by atoms with Crippen LogP contribution < -0.4 is 5.32 Å². The molecule has 1 aromatic heterocycles. The standard InChI is InChI=1S/C20H15F2N3O5S2/c1-10-9-31-20(23-10)32-17-6-3-12(7-16(17)25(28)29)19(27)30-11(2)18(26)24-15-8-13(21)4-5-14(15)22/h3-9,11H,1-2H3,(H,24,26). The number of hydrogen-bond donors (Lipinski definition) is 1. The van der Waals surface area contributed by atoms with Crippen LogP contribution in [-0.4, -0.2) is 27.9 Å². The zero-order valence-electron chi connectivity index (χ0n) is 16.6. The monoisotopic (exact) mass is 479 g/mol.